The zero-order valence-electron chi connectivity index (χ0n) is 10.9. The predicted octanol–water partition coefficient (Wildman–Crippen LogP) is 1.91. The summed E-state index contributed by atoms with van der Waals surface area (Å²) in [5.41, 5.74) is 1.14. The molecule has 2 heterocycles. The van der Waals surface area contributed by atoms with Crippen LogP contribution in [0.25, 0.3) is 0 Å². The number of anilines is 1. The summed E-state index contributed by atoms with van der Waals surface area (Å²) in [6, 6.07) is 1.83. The molecule has 0 radical (unpaired) electrons. The Hall–Kier alpha value is -1.62. The molecule has 1 aliphatic rings. The van der Waals surface area contributed by atoms with Crippen molar-refractivity contribution < 1.29 is 14.6 Å². The highest BCUT2D eigenvalue weighted by atomic mass is 16.6. The van der Waals surface area contributed by atoms with Gasteiger partial charge in [-0.15, -0.1) is 0 Å². The molecule has 5 nitrogen and oxygen atoms in total. The summed E-state index contributed by atoms with van der Waals surface area (Å²) in [5.74, 6) is -0.0597. The monoisotopic (exact) mass is 250 g/mol. The molecule has 1 aromatic heterocycles. The van der Waals surface area contributed by atoms with Crippen molar-refractivity contribution in [2.75, 3.05) is 18.1 Å². The van der Waals surface area contributed by atoms with Crippen molar-refractivity contribution in [2.24, 2.45) is 0 Å². The Morgan fingerprint density at radius 3 is 2.94 bits per heavy atom. The van der Waals surface area contributed by atoms with Crippen molar-refractivity contribution in [1.82, 2.24) is 4.98 Å². The zero-order chi connectivity index (χ0) is 13.3. The van der Waals surface area contributed by atoms with E-state index < -0.39 is 11.7 Å². The molecule has 1 aliphatic heterocycles. The number of hydrogen-bond donors (Lipinski definition) is 1. The van der Waals surface area contributed by atoms with E-state index in [0.717, 1.165) is 11.3 Å². The molecule has 0 aliphatic carbocycles. The largest absolute Gasteiger partial charge is 0.443 e. The van der Waals surface area contributed by atoms with Crippen LogP contribution in [-0.2, 0) is 4.74 Å². The molecule has 0 spiro atoms. The first-order chi connectivity index (χ1) is 8.42. The Labute approximate surface area is 106 Å². The van der Waals surface area contributed by atoms with Crippen LogP contribution in [0, 0.1) is 0 Å². The molecule has 1 atom stereocenters. The third-order valence-corrected chi connectivity index (χ3v) is 2.80. The summed E-state index contributed by atoms with van der Waals surface area (Å²) in [6.45, 7) is 5.93. The Balaban J connectivity index is 2.24. The lowest BCUT2D eigenvalue weighted by molar-refractivity contribution is 0.0581. The predicted molar refractivity (Wildman–Crippen MR) is 67.6 cm³/mol. The van der Waals surface area contributed by atoms with E-state index in [9.17, 15) is 9.90 Å². The van der Waals surface area contributed by atoms with Crippen molar-refractivity contribution in [2.45, 2.75) is 32.3 Å². The second kappa shape index (κ2) is 4.57. The number of aliphatic hydroxyl groups is 1. The van der Waals surface area contributed by atoms with E-state index in [4.69, 9.17) is 4.74 Å². The van der Waals surface area contributed by atoms with Gasteiger partial charge in [-0.05, 0) is 32.4 Å². The van der Waals surface area contributed by atoms with Gasteiger partial charge in [0.25, 0.3) is 0 Å². The Morgan fingerprint density at radius 1 is 1.61 bits per heavy atom. The number of amides is 1. The third-order valence-electron chi connectivity index (χ3n) is 2.80. The Kier molecular flexibility index (Phi) is 3.26. The van der Waals surface area contributed by atoms with Crippen LogP contribution in [-0.4, -0.2) is 34.9 Å². The van der Waals surface area contributed by atoms with Crippen LogP contribution in [0.5, 0.6) is 0 Å². The molecule has 0 saturated heterocycles. The molecule has 0 fully saturated rings. The van der Waals surface area contributed by atoms with E-state index >= 15 is 0 Å². The number of carbonyl (C=O) groups excluding carboxylic acids is 1. The molecule has 0 bridgehead atoms. The van der Waals surface area contributed by atoms with Crippen molar-refractivity contribution in [3.05, 3.63) is 24.0 Å². The fourth-order valence-corrected chi connectivity index (χ4v) is 2.03. The maximum Gasteiger partial charge on any atom is 0.414 e. The highest BCUT2D eigenvalue weighted by Crippen LogP contribution is 2.35. The van der Waals surface area contributed by atoms with Gasteiger partial charge >= 0.3 is 6.09 Å². The lowest BCUT2D eigenvalue weighted by Crippen LogP contribution is -2.36. The number of ether oxygens (including phenoxy) is 1. The maximum absolute atomic E-state index is 12.1. The van der Waals surface area contributed by atoms with Gasteiger partial charge in [0.05, 0.1) is 18.5 Å². The summed E-state index contributed by atoms with van der Waals surface area (Å²) in [7, 11) is 0. The second-order valence-corrected chi connectivity index (χ2v) is 5.40. The van der Waals surface area contributed by atoms with Crippen molar-refractivity contribution in [3.8, 4) is 0 Å². The van der Waals surface area contributed by atoms with Crippen molar-refractivity contribution in [1.29, 1.82) is 0 Å². The minimum atomic E-state index is -0.531. The van der Waals surface area contributed by atoms with Crippen LogP contribution in [0.4, 0.5) is 10.5 Å². The van der Waals surface area contributed by atoms with Gasteiger partial charge in [0.15, 0.2) is 0 Å². The molecule has 1 N–H and O–H groups in total. The number of pyridine rings is 1. The number of carbonyl (C=O) groups is 1. The molecular weight excluding hydrogens is 232 g/mol. The Morgan fingerprint density at radius 2 is 2.33 bits per heavy atom. The summed E-state index contributed by atoms with van der Waals surface area (Å²) < 4.78 is 5.35. The molecule has 18 heavy (non-hydrogen) atoms. The highest BCUT2D eigenvalue weighted by molar-refractivity contribution is 5.90. The highest BCUT2D eigenvalue weighted by Gasteiger charge is 2.34. The minimum absolute atomic E-state index is 0.0102. The molecule has 98 valence electrons. The Bertz CT molecular complexity index is 454. The van der Waals surface area contributed by atoms with E-state index in [-0.39, 0.29) is 12.5 Å². The summed E-state index contributed by atoms with van der Waals surface area (Å²) >= 11 is 0. The summed E-state index contributed by atoms with van der Waals surface area (Å²) in [4.78, 5) is 17.6. The van der Waals surface area contributed by atoms with Gasteiger partial charge in [0, 0.05) is 18.7 Å². The van der Waals surface area contributed by atoms with Gasteiger partial charge in [0.2, 0.25) is 0 Å². The van der Waals surface area contributed by atoms with E-state index in [1.807, 2.05) is 26.8 Å². The van der Waals surface area contributed by atoms with Gasteiger partial charge < -0.3 is 9.84 Å². The molecular formula is C13H18N2O3. The second-order valence-electron chi connectivity index (χ2n) is 5.40. The van der Waals surface area contributed by atoms with E-state index in [1.54, 1.807) is 12.4 Å². The summed E-state index contributed by atoms with van der Waals surface area (Å²) in [6.07, 6.45) is 2.90. The van der Waals surface area contributed by atoms with Gasteiger partial charge in [-0.2, -0.15) is 0 Å². The molecule has 1 amide bonds. The maximum atomic E-state index is 12.1. The smallest absolute Gasteiger partial charge is 0.414 e. The SMILES string of the molecule is CC(C)(C)OC(=O)N1C[C@@H](CO)c2ccncc21. The van der Waals surface area contributed by atoms with Crippen LogP contribution in [0.2, 0.25) is 0 Å². The number of rotatable bonds is 1. The van der Waals surface area contributed by atoms with Crippen LogP contribution < -0.4 is 4.90 Å². The van der Waals surface area contributed by atoms with E-state index in [0.29, 0.717) is 6.54 Å². The first-order valence-corrected chi connectivity index (χ1v) is 5.97. The quantitative estimate of drug-likeness (QED) is 0.827. The van der Waals surface area contributed by atoms with E-state index in [1.165, 1.54) is 4.90 Å². The molecule has 2 rings (SSSR count). The summed E-state index contributed by atoms with van der Waals surface area (Å²) in [5, 5.41) is 9.35. The molecule has 0 aromatic carbocycles. The van der Waals surface area contributed by atoms with Crippen molar-refractivity contribution >= 4 is 11.8 Å². The molecule has 0 unspecified atom stereocenters. The third kappa shape index (κ3) is 2.46. The van der Waals surface area contributed by atoms with E-state index in [2.05, 4.69) is 4.98 Å². The molecule has 5 heteroatoms. The van der Waals surface area contributed by atoms with Crippen LogP contribution in [0.1, 0.15) is 32.3 Å². The average molecular weight is 250 g/mol. The lowest BCUT2D eigenvalue weighted by Gasteiger charge is -2.24. The topological polar surface area (TPSA) is 62.7 Å². The number of hydrogen-bond acceptors (Lipinski definition) is 4. The first-order valence-electron chi connectivity index (χ1n) is 5.97. The van der Waals surface area contributed by atoms with Gasteiger partial charge in [-0.1, -0.05) is 0 Å². The standard InChI is InChI=1S/C13H18N2O3/c1-13(2,3)18-12(17)15-7-9(8-16)10-4-5-14-6-11(10)15/h4-6,9,16H,7-8H2,1-3H3/t9-/m0/s1. The molecule has 0 saturated carbocycles. The number of aromatic nitrogens is 1. The van der Waals surface area contributed by atoms with Crippen LogP contribution >= 0.6 is 0 Å². The van der Waals surface area contributed by atoms with Crippen LogP contribution in [0.3, 0.4) is 0 Å². The lowest BCUT2D eigenvalue weighted by atomic mass is 10.0. The number of nitrogens with zero attached hydrogens (tertiary/aromatic N) is 2. The normalized spacial score (nSPS) is 18.7. The first kappa shape index (κ1) is 12.8. The number of aliphatic hydroxyl groups excluding tert-OH is 1. The van der Waals surface area contributed by atoms with Gasteiger partial charge in [0.1, 0.15) is 5.60 Å². The average Bonchev–Trinajstić information content (AvgIpc) is 2.65. The van der Waals surface area contributed by atoms with Crippen LogP contribution in [0.15, 0.2) is 18.5 Å². The minimum Gasteiger partial charge on any atom is -0.443 e. The molecule has 1 aromatic rings. The fourth-order valence-electron chi connectivity index (χ4n) is 2.03. The zero-order valence-corrected chi connectivity index (χ0v) is 10.9. The fraction of sp³-hybridized carbons (Fsp3) is 0.538. The van der Waals surface area contributed by atoms with Gasteiger partial charge in [-0.3, -0.25) is 9.88 Å². The number of fused-ring (bicyclic) bond motifs is 1. The van der Waals surface area contributed by atoms with Gasteiger partial charge in [-0.25, -0.2) is 4.79 Å². The van der Waals surface area contributed by atoms with Crippen molar-refractivity contribution in [3.63, 3.8) is 0 Å².